The van der Waals surface area contributed by atoms with Gasteiger partial charge in [0, 0.05) is 36.5 Å². The van der Waals surface area contributed by atoms with Crippen LogP contribution in [-0.2, 0) is 11.2 Å². The van der Waals surface area contributed by atoms with Gasteiger partial charge in [0.15, 0.2) is 0 Å². The van der Waals surface area contributed by atoms with E-state index in [4.69, 9.17) is 4.52 Å². The van der Waals surface area contributed by atoms with E-state index in [9.17, 15) is 10.2 Å². The minimum Gasteiger partial charge on any atom is -0.382 e. The maximum absolute atomic E-state index is 12.3. The monoisotopic (exact) mass is 436 g/mol. The number of hydrogen-bond acceptors (Lipinski definition) is 7. The number of likely N-dealkylation sites (tertiary alicyclic amines) is 1. The van der Waals surface area contributed by atoms with Crippen molar-refractivity contribution >= 4 is 0 Å². The first-order chi connectivity index (χ1) is 14.9. The number of rotatable bonds is 6. The van der Waals surface area contributed by atoms with Crippen molar-refractivity contribution in [2.45, 2.75) is 51.7 Å². The van der Waals surface area contributed by atoms with E-state index >= 15 is 0 Å². The SMILES string of the molecule is CC(C)c1ccc([C@](O)(c2cncc(-c3nc(C(C)(C)O)no3)c2)C2(C)CN(C)C2)cc1. The first-order valence-electron chi connectivity index (χ1n) is 11.0. The molecule has 0 aliphatic carbocycles. The zero-order valence-electron chi connectivity index (χ0n) is 19.6. The zero-order valence-corrected chi connectivity index (χ0v) is 19.6. The van der Waals surface area contributed by atoms with Gasteiger partial charge in [-0.25, -0.2) is 0 Å². The van der Waals surface area contributed by atoms with Crippen LogP contribution in [0.4, 0.5) is 0 Å². The number of hydrogen-bond donors (Lipinski definition) is 2. The van der Waals surface area contributed by atoms with Crippen LogP contribution in [0, 0.1) is 5.41 Å². The van der Waals surface area contributed by atoms with Gasteiger partial charge in [-0.15, -0.1) is 0 Å². The van der Waals surface area contributed by atoms with Gasteiger partial charge in [-0.2, -0.15) is 4.98 Å². The van der Waals surface area contributed by atoms with Gasteiger partial charge < -0.3 is 19.6 Å². The third kappa shape index (κ3) is 3.74. The molecule has 0 unspecified atom stereocenters. The summed E-state index contributed by atoms with van der Waals surface area (Å²) in [6.45, 7) is 11.1. The second-order valence-corrected chi connectivity index (χ2v) is 10.2. The Kier molecular flexibility index (Phi) is 5.48. The minimum atomic E-state index is -1.25. The smallest absolute Gasteiger partial charge is 0.259 e. The van der Waals surface area contributed by atoms with E-state index in [1.165, 1.54) is 5.56 Å². The maximum atomic E-state index is 12.3. The zero-order chi connectivity index (χ0) is 23.3. The predicted octanol–water partition coefficient (Wildman–Crippen LogP) is 3.67. The van der Waals surface area contributed by atoms with Crippen LogP contribution in [-0.4, -0.2) is 50.4 Å². The Balaban J connectivity index is 1.80. The standard InChI is InChI=1S/C25H32N4O3/c1-16(2)17-7-9-19(10-8-17)25(31,24(5)14-29(6)15-24)20-11-18(12-26-13-20)21-27-22(28-32-21)23(3,4)30/h7-13,16,30-31H,14-15H2,1-6H3/t25-/m0/s1. The molecular weight excluding hydrogens is 404 g/mol. The van der Waals surface area contributed by atoms with Crippen molar-refractivity contribution in [2.24, 2.45) is 5.41 Å². The van der Waals surface area contributed by atoms with Crippen LogP contribution in [0.15, 0.2) is 47.2 Å². The molecule has 3 heterocycles. The number of nitrogens with zero attached hydrogens (tertiary/aromatic N) is 4. The predicted molar refractivity (Wildman–Crippen MR) is 122 cm³/mol. The summed E-state index contributed by atoms with van der Waals surface area (Å²) in [4.78, 5) is 10.9. The van der Waals surface area contributed by atoms with Crippen molar-refractivity contribution in [1.82, 2.24) is 20.0 Å². The summed E-state index contributed by atoms with van der Waals surface area (Å²) in [6, 6.07) is 10.1. The highest BCUT2D eigenvalue weighted by Crippen LogP contribution is 2.50. The lowest BCUT2D eigenvalue weighted by Gasteiger charge is -2.55. The van der Waals surface area contributed by atoms with E-state index in [0.29, 0.717) is 17.0 Å². The maximum Gasteiger partial charge on any atom is 0.259 e. The molecule has 0 amide bonds. The molecule has 0 radical (unpaired) electrons. The summed E-state index contributed by atoms with van der Waals surface area (Å²) in [6.07, 6.45) is 3.33. The summed E-state index contributed by atoms with van der Waals surface area (Å²) >= 11 is 0. The van der Waals surface area contributed by atoms with Gasteiger partial charge in [0.25, 0.3) is 5.89 Å². The van der Waals surface area contributed by atoms with E-state index in [0.717, 1.165) is 18.7 Å². The first kappa shape index (κ1) is 22.6. The van der Waals surface area contributed by atoms with Crippen LogP contribution in [0.3, 0.4) is 0 Å². The number of aromatic nitrogens is 3. The second kappa shape index (κ2) is 7.76. The summed E-state index contributed by atoms with van der Waals surface area (Å²) in [5.41, 5.74) is 0.467. The molecule has 1 fully saturated rings. The summed E-state index contributed by atoms with van der Waals surface area (Å²) < 4.78 is 5.38. The van der Waals surface area contributed by atoms with Crippen molar-refractivity contribution in [2.75, 3.05) is 20.1 Å². The average molecular weight is 437 g/mol. The van der Waals surface area contributed by atoms with Crippen LogP contribution in [0.1, 0.15) is 63.1 Å². The average Bonchev–Trinajstić information content (AvgIpc) is 3.23. The van der Waals surface area contributed by atoms with Gasteiger partial charge in [0.05, 0.1) is 5.56 Å². The Morgan fingerprint density at radius 2 is 1.72 bits per heavy atom. The van der Waals surface area contributed by atoms with Crippen molar-refractivity contribution in [3.63, 3.8) is 0 Å². The molecule has 1 aromatic carbocycles. The molecule has 3 aromatic rings. The largest absolute Gasteiger partial charge is 0.382 e. The molecule has 0 bridgehead atoms. The number of pyridine rings is 1. The normalized spacial score (nSPS) is 18.4. The highest BCUT2D eigenvalue weighted by Gasteiger charge is 2.55. The van der Waals surface area contributed by atoms with Crippen LogP contribution in [0.2, 0.25) is 0 Å². The molecule has 0 spiro atoms. The summed E-state index contributed by atoms with van der Waals surface area (Å²) in [7, 11) is 2.05. The van der Waals surface area contributed by atoms with Crippen LogP contribution >= 0.6 is 0 Å². The topological polar surface area (TPSA) is 95.5 Å². The van der Waals surface area contributed by atoms with Crippen LogP contribution in [0.25, 0.3) is 11.5 Å². The molecule has 2 aromatic heterocycles. The minimum absolute atomic E-state index is 0.199. The number of aliphatic hydroxyl groups is 2. The van der Waals surface area contributed by atoms with E-state index in [1.54, 1.807) is 26.2 Å². The highest BCUT2D eigenvalue weighted by atomic mass is 16.5. The highest BCUT2D eigenvalue weighted by molar-refractivity contribution is 5.55. The second-order valence-electron chi connectivity index (χ2n) is 10.2. The number of benzene rings is 1. The molecule has 7 nitrogen and oxygen atoms in total. The molecule has 0 saturated carbocycles. The Bertz CT molecular complexity index is 1090. The van der Waals surface area contributed by atoms with Gasteiger partial charge in [0.1, 0.15) is 11.2 Å². The fourth-order valence-corrected chi connectivity index (χ4v) is 4.69. The van der Waals surface area contributed by atoms with Crippen LogP contribution < -0.4 is 0 Å². The van der Waals surface area contributed by atoms with E-state index in [1.807, 2.05) is 18.2 Å². The fourth-order valence-electron chi connectivity index (χ4n) is 4.69. The van der Waals surface area contributed by atoms with E-state index in [2.05, 4.69) is 60.0 Å². The molecule has 1 aliphatic rings. The molecule has 1 aliphatic heterocycles. The van der Waals surface area contributed by atoms with Gasteiger partial charge >= 0.3 is 0 Å². The lowest BCUT2D eigenvalue weighted by molar-refractivity contribution is -0.127. The van der Waals surface area contributed by atoms with Gasteiger partial charge in [-0.1, -0.05) is 50.2 Å². The Morgan fingerprint density at radius 1 is 1.06 bits per heavy atom. The molecule has 7 heteroatoms. The first-order valence-corrected chi connectivity index (χ1v) is 11.0. The Labute approximate surface area is 189 Å². The Morgan fingerprint density at radius 3 is 2.25 bits per heavy atom. The van der Waals surface area contributed by atoms with Crippen molar-refractivity contribution in [1.29, 1.82) is 0 Å². The fraction of sp³-hybridized carbons (Fsp3) is 0.480. The lowest BCUT2D eigenvalue weighted by Crippen LogP contribution is -2.63. The van der Waals surface area contributed by atoms with E-state index < -0.39 is 16.6 Å². The summed E-state index contributed by atoms with van der Waals surface area (Å²) in [5, 5.41) is 26.4. The quantitative estimate of drug-likeness (QED) is 0.609. The molecule has 170 valence electrons. The van der Waals surface area contributed by atoms with E-state index in [-0.39, 0.29) is 11.7 Å². The molecule has 2 N–H and O–H groups in total. The van der Waals surface area contributed by atoms with Gasteiger partial charge in [0.2, 0.25) is 5.82 Å². The van der Waals surface area contributed by atoms with Crippen LogP contribution in [0.5, 0.6) is 0 Å². The van der Waals surface area contributed by atoms with Gasteiger partial charge in [-0.3, -0.25) is 4.98 Å². The Hall–Kier alpha value is -2.61. The van der Waals surface area contributed by atoms with Gasteiger partial charge in [-0.05, 0) is 44.0 Å². The van der Waals surface area contributed by atoms with Crippen molar-refractivity contribution in [3.8, 4) is 11.5 Å². The van der Waals surface area contributed by atoms with Crippen molar-refractivity contribution < 1.29 is 14.7 Å². The lowest BCUT2D eigenvalue weighted by atomic mass is 9.62. The third-order valence-electron chi connectivity index (χ3n) is 6.48. The molecule has 32 heavy (non-hydrogen) atoms. The summed E-state index contributed by atoms with van der Waals surface area (Å²) in [5.74, 6) is 0.866. The molecule has 1 atom stereocenters. The third-order valence-corrected chi connectivity index (χ3v) is 6.48. The van der Waals surface area contributed by atoms with Crippen molar-refractivity contribution in [3.05, 3.63) is 65.2 Å². The molecular formula is C25H32N4O3. The molecule has 1 saturated heterocycles. The molecule has 4 rings (SSSR count).